The second-order valence-corrected chi connectivity index (χ2v) is 6.39. The zero-order valence-electron chi connectivity index (χ0n) is 12.4. The second-order valence-electron chi connectivity index (χ2n) is 5.45. The minimum absolute atomic E-state index is 0.0370. The van der Waals surface area contributed by atoms with E-state index in [0.717, 1.165) is 18.1 Å². The molecule has 0 aliphatic carbocycles. The number of thiazole rings is 1. The van der Waals surface area contributed by atoms with Gasteiger partial charge in [0, 0.05) is 37.5 Å². The molecule has 0 radical (unpaired) electrons. The van der Waals surface area contributed by atoms with Gasteiger partial charge in [0.15, 0.2) is 0 Å². The number of nitrogens with one attached hydrogen (secondary N) is 1. The summed E-state index contributed by atoms with van der Waals surface area (Å²) in [6, 6.07) is 6.83. The van der Waals surface area contributed by atoms with E-state index in [1.165, 1.54) is 17.4 Å². The highest BCUT2D eigenvalue weighted by molar-refractivity contribution is 7.09. The van der Waals surface area contributed by atoms with Gasteiger partial charge >= 0.3 is 0 Å². The van der Waals surface area contributed by atoms with Crippen molar-refractivity contribution in [3.05, 3.63) is 51.7 Å². The predicted octanol–water partition coefficient (Wildman–Crippen LogP) is 2.31. The van der Waals surface area contributed by atoms with Crippen molar-refractivity contribution in [2.75, 3.05) is 19.6 Å². The van der Waals surface area contributed by atoms with Crippen molar-refractivity contribution in [1.29, 1.82) is 0 Å². The fourth-order valence-electron chi connectivity index (χ4n) is 2.58. The molecular weight excluding hydrogens is 301 g/mol. The first-order valence-electron chi connectivity index (χ1n) is 7.34. The Bertz CT molecular complexity index is 673. The number of nitrogens with zero attached hydrogens (tertiary/aromatic N) is 2. The molecule has 1 unspecified atom stereocenters. The summed E-state index contributed by atoms with van der Waals surface area (Å²) in [5.74, 6) is -0.272. The number of hydrogen-bond acceptors (Lipinski definition) is 4. The molecule has 1 aromatic carbocycles. The second kappa shape index (κ2) is 6.54. The number of amides is 1. The van der Waals surface area contributed by atoms with Crippen LogP contribution in [0.25, 0.3) is 0 Å². The molecule has 1 aliphatic rings. The van der Waals surface area contributed by atoms with E-state index >= 15 is 0 Å². The Balaban J connectivity index is 1.73. The lowest BCUT2D eigenvalue weighted by Crippen LogP contribution is -2.52. The van der Waals surface area contributed by atoms with Crippen molar-refractivity contribution < 1.29 is 9.18 Å². The topological polar surface area (TPSA) is 45.2 Å². The van der Waals surface area contributed by atoms with Gasteiger partial charge in [-0.3, -0.25) is 4.79 Å². The minimum Gasteiger partial charge on any atom is -0.332 e. The van der Waals surface area contributed by atoms with Gasteiger partial charge in [-0.1, -0.05) is 18.2 Å². The zero-order valence-corrected chi connectivity index (χ0v) is 13.2. The Kier molecular flexibility index (Phi) is 4.49. The molecule has 22 heavy (non-hydrogen) atoms. The predicted molar refractivity (Wildman–Crippen MR) is 84.7 cm³/mol. The molecule has 1 aromatic heterocycles. The van der Waals surface area contributed by atoms with E-state index in [0.29, 0.717) is 24.2 Å². The summed E-state index contributed by atoms with van der Waals surface area (Å²) in [7, 11) is 0. The third-order valence-corrected chi connectivity index (χ3v) is 4.68. The average molecular weight is 319 g/mol. The number of carbonyl (C=O) groups excluding carboxylic acids is 1. The van der Waals surface area contributed by atoms with Gasteiger partial charge in [0.1, 0.15) is 11.5 Å². The third kappa shape index (κ3) is 3.18. The normalized spacial score (nSPS) is 18.5. The van der Waals surface area contributed by atoms with E-state index in [2.05, 4.69) is 10.3 Å². The lowest BCUT2D eigenvalue weighted by molar-refractivity contribution is 0.0650. The fourth-order valence-corrected chi connectivity index (χ4v) is 3.38. The van der Waals surface area contributed by atoms with Crippen LogP contribution in [-0.2, 0) is 6.42 Å². The molecule has 116 valence electrons. The molecule has 1 atom stereocenters. The van der Waals surface area contributed by atoms with Crippen LogP contribution >= 0.6 is 11.3 Å². The number of halogens is 1. The molecule has 1 N–H and O–H groups in total. The van der Waals surface area contributed by atoms with Crippen LogP contribution < -0.4 is 5.32 Å². The van der Waals surface area contributed by atoms with E-state index in [4.69, 9.17) is 0 Å². The molecule has 6 heteroatoms. The maximum atomic E-state index is 13.7. The van der Waals surface area contributed by atoms with Crippen LogP contribution in [0.3, 0.4) is 0 Å². The van der Waals surface area contributed by atoms with Crippen LogP contribution in [-0.4, -0.2) is 41.5 Å². The van der Waals surface area contributed by atoms with Gasteiger partial charge in [-0.2, -0.15) is 0 Å². The summed E-state index contributed by atoms with van der Waals surface area (Å²) in [6.07, 6.45) is 0.418. The smallest absolute Gasteiger partial charge is 0.273 e. The maximum absolute atomic E-state index is 13.7. The zero-order chi connectivity index (χ0) is 15.5. The molecular formula is C16H18FN3OS. The minimum atomic E-state index is -0.235. The molecule has 1 saturated heterocycles. The van der Waals surface area contributed by atoms with Gasteiger partial charge < -0.3 is 10.2 Å². The average Bonchev–Trinajstić information content (AvgIpc) is 2.98. The molecule has 1 amide bonds. The van der Waals surface area contributed by atoms with Gasteiger partial charge in [0.25, 0.3) is 5.91 Å². The van der Waals surface area contributed by atoms with Gasteiger partial charge in [-0.25, -0.2) is 9.37 Å². The summed E-state index contributed by atoms with van der Waals surface area (Å²) in [4.78, 5) is 18.8. The number of hydrogen-bond donors (Lipinski definition) is 1. The van der Waals surface area contributed by atoms with Crippen LogP contribution in [0.5, 0.6) is 0 Å². The third-order valence-electron chi connectivity index (χ3n) is 3.83. The van der Waals surface area contributed by atoms with E-state index in [1.807, 2.05) is 11.8 Å². The standard InChI is InChI=1S/C16H18FN3OS/c1-11-9-18-6-7-20(11)16(21)14-10-22-15(19-14)8-12-4-2-3-5-13(12)17/h2-5,10-11,18H,6-9H2,1H3. The first-order valence-corrected chi connectivity index (χ1v) is 8.22. The largest absolute Gasteiger partial charge is 0.332 e. The molecule has 4 nitrogen and oxygen atoms in total. The summed E-state index contributed by atoms with van der Waals surface area (Å²) < 4.78 is 13.7. The van der Waals surface area contributed by atoms with Crippen molar-refractivity contribution in [2.45, 2.75) is 19.4 Å². The quantitative estimate of drug-likeness (QED) is 0.944. The van der Waals surface area contributed by atoms with Crippen molar-refractivity contribution in [3.63, 3.8) is 0 Å². The van der Waals surface area contributed by atoms with Crippen molar-refractivity contribution in [3.8, 4) is 0 Å². The Morgan fingerprint density at radius 2 is 2.32 bits per heavy atom. The first-order chi connectivity index (χ1) is 10.6. The van der Waals surface area contributed by atoms with E-state index < -0.39 is 0 Å². The molecule has 2 heterocycles. The summed E-state index contributed by atoms with van der Waals surface area (Å²) in [6.45, 7) is 4.33. The highest BCUT2D eigenvalue weighted by Crippen LogP contribution is 2.19. The Labute approximate surface area is 133 Å². The van der Waals surface area contributed by atoms with Crippen LogP contribution in [0.15, 0.2) is 29.6 Å². The highest BCUT2D eigenvalue weighted by atomic mass is 32.1. The molecule has 0 saturated carbocycles. The summed E-state index contributed by atoms with van der Waals surface area (Å²) in [5.41, 5.74) is 1.07. The van der Waals surface area contributed by atoms with E-state index in [-0.39, 0.29) is 17.8 Å². The Morgan fingerprint density at radius 3 is 3.09 bits per heavy atom. The Morgan fingerprint density at radius 1 is 1.50 bits per heavy atom. The molecule has 1 aliphatic heterocycles. The SMILES string of the molecule is CC1CNCCN1C(=O)c1csc(Cc2ccccc2F)n1. The lowest BCUT2D eigenvalue weighted by atomic mass is 10.1. The lowest BCUT2D eigenvalue weighted by Gasteiger charge is -2.33. The number of benzene rings is 1. The Hall–Kier alpha value is -1.79. The van der Waals surface area contributed by atoms with Crippen molar-refractivity contribution >= 4 is 17.2 Å². The summed E-state index contributed by atoms with van der Waals surface area (Å²) in [5, 5.41) is 5.79. The van der Waals surface area contributed by atoms with Crippen molar-refractivity contribution in [1.82, 2.24) is 15.2 Å². The van der Waals surface area contributed by atoms with Gasteiger partial charge in [-0.15, -0.1) is 11.3 Å². The number of rotatable bonds is 3. The van der Waals surface area contributed by atoms with Gasteiger partial charge in [-0.05, 0) is 18.6 Å². The number of carbonyl (C=O) groups is 1. The fraction of sp³-hybridized carbons (Fsp3) is 0.375. The van der Waals surface area contributed by atoms with E-state index in [9.17, 15) is 9.18 Å². The number of aromatic nitrogens is 1. The maximum Gasteiger partial charge on any atom is 0.273 e. The van der Waals surface area contributed by atoms with Crippen molar-refractivity contribution in [2.24, 2.45) is 0 Å². The van der Waals surface area contributed by atoms with E-state index in [1.54, 1.807) is 23.6 Å². The van der Waals surface area contributed by atoms with Crippen LogP contribution in [0.4, 0.5) is 4.39 Å². The first kappa shape index (κ1) is 15.1. The number of piperazine rings is 1. The van der Waals surface area contributed by atoms with Crippen LogP contribution in [0.2, 0.25) is 0 Å². The molecule has 1 fully saturated rings. The molecule has 3 rings (SSSR count). The van der Waals surface area contributed by atoms with Gasteiger partial charge in [0.05, 0.1) is 5.01 Å². The van der Waals surface area contributed by atoms with Crippen LogP contribution in [0.1, 0.15) is 28.0 Å². The highest BCUT2D eigenvalue weighted by Gasteiger charge is 2.25. The molecule has 0 bridgehead atoms. The summed E-state index contributed by atoms with van der Waals surface area (Å²) >= 11 is 1.41. The molecule has 0 spiro atoms. The molecule has 2 aromatic rings. The van der Waals surface area contributed by atoms with Gasteiger partial charge in [0.2, 0.25) is 0 Å². The van der Waals surface area contributed by atoms with Crippen LogP contribution in [0, 0.1) is 5.82 Å². The monoisotopic (exact) mass is 319 g/mol.